The smallest absolute Gasteiger partial charge is 0.107 e. The standard InChI is InChI=1S/C10H7ClIN3S/c11-7-2-1-3-8(9(7)10(13)16)15-5-6(12)4-14-15/h1-5H,(H2,13,16). The van der Waals surface area contributed by atoms with Crippen LogP contribution in [0, 0.1) is 3.57 Å². The van der Waals surface area contributed by atoms with Crippen molar-refractivity contribution in [1.82, 2.24) is 9.78 Å². The maximum atomic E-state index is 6.07. The third kappa shape index (κ3) is 2.21. The summed E-state index contributed by atoms with van der Waals surface area (Å²) in [5.74, 6) is 0. The van der Waals surface area contributed by atoms with Crippen LogP contribution in [0.15, 0.2) is 30.6 Å². The molecule has 82 valence electrons. The highest BCUT2D eigenvalue weighted by Crippen LogP contribution is 2.23. The van der Waals surface area contributed by atoms with Gasteiger partial charge in [-0.2, -0.15) is 5.10 Å². The summed E-state index contributed by atoms with van der Waals surface area (Å²) < 4.78 is 2.74. The molecule has 0 radical (unpaired) electrons. The topological polar surface area (TPSA) is 43.8 Å². The molecule has 0 amide bonds. The fourth-order valence-electron chi connectivity index (χ4n) is 1.38. The van der Waals surface area contributed by atoms with Crippen LogP contribution in [0.3, 0.4) is 0 Å². The number of nitrogens with zero attached hydrogens (tertiary/aromatic N) is 2. The van der Waals surface area contributed by atoms with Gasteiger partial charge in [-0.1, -0.05) is 29.9 Å². The van der Waals surface area contributed by atoms with Crippen molar-refractivity contribution in [3.63, 3.8) is 0 Å². The van der Waals surface area contributed by atoms with Crippen molar-refractivity contribution in [3.05, 3.63) is 44.7 Å². The molecule has 2 N–H and O–H groups in total. The second-order valence-corrected chi connectivity index (χ2v) is 5.19. The molecule has 16 heavy (non-hydrogen) atoms. The van der Waals surface area contributed by atoms with E-state index < -0.39 is 0 Å². The Morgan fingerprint density at radius 1 is 1.50 bits per heavy atom. The molecule has 2 rings (SSSR count). The first kappa shape index (κ1) is 11.8. The van der Waals surface area contributed by atoms with Gasteiger partial charge < -0.3 is 5.73 Å². The van der Waals surface area contributed by atoms with Crippen LogP contribution >= 0.6 is 46.4 Å². The predicted octanol–water partition coefficient (Wildman–Crippen LogP) is 2.76. The van der Waals surface area contributed by atoms with Gasteiger partial charge in [-0.25, -0.2) is 4.68 Å². The number of nitrogens with two attached hydrogens (primary N) is 1. The molecule has 2 aromatic rings. The molecule has 1 aromatic heterocycles. The maximum absolute atomic E-state index is 6.07. The van der Waals surface area contributed by atoms with Crippen molar-refractivity contribution < 1.29 is 0 Å². The van der Waals surface area contributed by atoms with Gasteiger partial charge in [0.15, 0.2) is 0 Å². The van der Waals surface area contributed by atoms with Crippen LogP contribution in [0.25, 0.3) is 5.69 Å². The molecule has 0 saturated heterocycles. The summed E-state index contributed by atoms with van der Waals surface area (Å²) in [5.41, 5.74) is 7.11. The highest BCUT2D eigenvalue weighted by molar-refractivity contribution is 14.1. The van der Waals surface area contributed by atoms with Crippen molar-refractivity contribution in [2.75, 3.05) is 0 Å². The molecule has 0 spiro atoms. The lowest BCUT2D eigenvalue weighted by molar-refractivity contribution is 0.878. The molecule has 6 heteroatoms. The number of halogens is 2. The average molecular weight is 364 g/mol. The molecular weight excluding hydrogens is 357 g/mol. The van der Waals surface area contributed by atoms with Crippen LogP contribution in [0.4, 0.5) is 0 Å². The van der Waals surface area contributed by atoms with Gasteiger partial charge in [0.25, 0.3) is 0 Å². The Morgan fingerprint density at radius 2 is 2.25 bits per heavy atom. The third-order valence-corrected chi connectivity index (χ3v) is 3.11. The fourth-order valence-corrected chi connectivity index (χ4v) is 2.31. The van der Waals surface area contributed by atoms with E-state index in [9.17, 15) is 0 Å². The minimum atomic E-state index is 0.270. The molecule has 0 aliphatic heterocycles. The number of hydrogen-bond donors (Lipinski definition) is 1. The quantitative estimate of drug-likeness (QED) is 0.659. The SMILES string of the molecule is NC(=S)c1c(Cl)cccc1-n1cc(I)cn1. The van der Waals surface area contributed by atoms with Crippen molar-refractivity contribution >= 4 is 51.4 Å². The lowest BCUT2D eigenvalue weighted by Gasteiger charge is -2.09. The summed E-state index contributed by atoms with van der Waals surface area (Å²) >= 11 is 13.2. The van der Waals surface area contributed by atoms with E-state index in [0.29, 0.717) is 10.6 Å². The van der Waals surface area contributed by atoms with Crippen molar-refractivity contribution in [2.45, 2.75) is 0 Å². The third-order valence-electron chi connectivity index (χ3n) is 2.04. The van der Waals surface area contributed by atoms with E-state index in [1.807, 2.05) is 18.3 Å². The van der Waals surface area contributed by atoms with Crippen molar-refractivity contribution in [1.29, 1.82) is 0 Å². The second kappa shape index (κ2) is 4.68. The van der Waals surface area contributed by atoms with Crippen LogP contribution in [-0.2, 0) is 0 Å². The Hall–Kier alpha value is -0.660. The largest absolute Gasteiger partial charge is 0.389 e. The first-order valence-electron chi connectivity index (χ1n) is 4.38. The van der Waals surface area contributed by atoms with E-state index in [0.717, 1.165) is 9.26 Å². The molecule has 1 aromatic carbocycles. The summed E-state index contributed by atoms with van der Waals surface area (Å²) in [6, 6.07) is 5.48. The molecule has 0 unspecified atom stereocenters. The monoisotopic (exact) mass is 363 g/mol. The Kier molecular flexibility index (Phi) is 3.46. The average Bonchev–Trinajstić information content (AvgIpc) is 2.63. The number of rotatable bonds is 2. The lowest BCUT2D eigenvalue weighted by Crippen LogP contribution is -2.14. The zero-order valence-electron chi connectivity index (χ0n) is 8.02. The Morgan fingerprint density at radius 3 is 2.81 bits per heavy atom. The summed E-state index contributed by atoms with van der Waals surface area (Å²) in [7, 11) is 0. The summed E-state index contributed by atoms with van der Waals surface area (Å²) in [5, 5.41) is 4.74. The summed E-state index contributed by atoms with van der Waals surface area (Å²) in [6.07, 6.45) is 3.64. The van der Waals surface area contributed by atoms with E-state index in [2.05, 4.69) is 27.7 Å². The van der Waals surface area contributed by atoms with Gasteiger partial charge in [-0.05, 0) is 34.7 Å². The molecule has 3 nitrogen and oxygen atoms in total. The lowest BCUT2D eigenvalue weighted by atomic mass is 10.2. The van der Waals surface area contributed by atoms with Crippen LogP contribution in [0.1, 0.15) is 5.56 Å². The molecular formula is C10H7ClIN3S. The van der Waals surface area contributed by atoms with Gasteiger partial charge >= 0.3 is 0 Å². The summed E-state index contributed by atoms with van der Waals surface area (Å²) in [6.45, 7) is 0. The predicted molar refractivity (Wildman–Crippen MR) is 77.2 cm³/mol. The van der Waals surface area contributed by atoms with E-state index in [1.54, 1.807) is 16.9 Å². The highest BCUT2D eigenvalue weighted by atomic mass is 127. The zero-order valence-corrected chi connectivity index (χ0v) is 11.8. The van der Waals surface area contributed by atoms with Gasteiger partial charge in [0.05, 0.1) is 26.0 Å². The van der Waals surface area contributed by atoms with E-state index in [1.165, 1.54) is 0 Å². The Balaban J connectivity index is 2.65. The number of benzene rings is 1. The number of aromatic nitrogens is 2. The van der Waals surface area contributed by atoms with Crippen molar-refractivity contribution in [3.8, 4) is 5.69 Å². The first-order valence-corrected chi connectivity index (χ1v) is 6.25. The normalized spacial score (nSPS) is 10.4. The van der Waals surface area contributed by atoms with Gasteiger partial charge in [0, 0.05) is 6.20 Å². The van der Waals surface area contributed by atoms with Gasteiger partial charge in [-0.15, -0.1) is 0 Å². The molecule has 0 aliphatic rings. The first-order chi connectivity index (χ1) is 7.59. The number of hydrogen-bond acceptors (Lipinski definition) is 2. The van der Waals surface area contributed by atoms with E-state index in [4.69, 9.17) is 29.6 Å². The van der Waals surface area contributed by atoms with E-state index >= 15 is 0 Å². The van der Waals surface area contributed by atoms with Gasteiger partial charge in [-0.3, -0.25) is 0 Å². The Bertz CT molecular complexity index is 553. The highest BCUT2D eigenvalue weighted by Gasteiger charge is 2.11. The van der Waals surface area contributed by atoms with E-state index in [-0.39, 0.29) is 4.99 Å². The van der Waals surface area contributed by atoms with Crippen LogP contribution < -0.4 is 5.73 Å². The van der Waals surface area contributed by atoms with Crippen molar-refractivity contribution in [2.24, 2.45) is 5.73 Å². The molecule has 0 atom stereocenters. The minimum Gasteiger partial charge on any atom is -0.389 e. The molecule has 0 saturated carbocycles. The molecule has 0 aliphatic carbocycles. The second-order valence-electron chi connectivity index (χ2n) is 3.10. The molecule has 0 bridgehead atoms. The fraction of sp³-hybridized carbons (Fsp3) is 0. The zero-order chi connectivity index (χ0) is 11.7. The number of thiocarbonyl (C=S) groups is 1. The van der Waals surface area contributed by atoms with Gasteiger partial charge in [0.1, 0.15) is 4.99 Å². The molecule has 0 fully saturated rings. The van der Waals surface area contributed by atoms with Gasteiger partial charge in [0.2, 0.25) is 0 Å². The van der Waals surface area contributed by atoms with Crippen LogP contribution in [0.5, 0.6) is 0 Å². The van der Waals surface area contributed by atoms with Crippen LogP contribution in [-0.4, -0.2) is 14.8 Å². The minimum absolute atomic E-state index is 0.270. The Labute approximate surface area is 117 Å². The molecule has 1 heterocycles. The van der Waals surface area contributed by atoms with Crippen LogP contribution in [0.2, 0.25) is 5.02 Å². The maximum Gasteiger partial charge on any atom is 0.107 e. The summed E-state index contributed by atoms with van der Waals surface area (Å²) in [4.78, 5) is 0.270.